The number of aliphatic carboxylic acids is 1. The van der Waals surface area contributed by atoms with Crippen LogP contribution in [0.3, 0.4) is 0 Å². The first-order valence-corrected chi connectivity index (χ1v) is 13.8. The van der Waals surface area contributed by atoms with Gasteiger partial charge in [0.1, 0.15) is 12.4 Å². The highest BCUT2D eigenvalue weighted by Gasteiger charge is 2.47. The van der Waals surface area contributed by atoms with Crippen LogP contribution in [0, 0.1) is 5.92 Å². The number of nitrogens with one attached hydrogen (secondary N) is 1. The second-order valence-electron chi connectivity index (χ2n) is 10.5. The summed E-state index contributed by atoms with van der Waals surface area (Å²) in [5.74, 6) is -2.58. The standard InChI is InChI=1S/C31H28ClF6NO4/c32-26-10-1-19(17-25(26)31(36,37)38)18-43-24-8-6-22(7-9-24)29(14-11-23(12-15-29)30(33,34)35)21-4-2-20(3-5-21)28(42)39-16-13-27(40)41/h1-10,17,23H,11-16,18H2,(H,39,42)(H,40,41). The molecule has 230 valence electrons. The van der Waals surface area contributed by atoms with Gasteiger partial charge in [-0.15, -0.1) is 0 Å². The van der Waals surface area contributed by atoms with Crippen LogP contribution in [0.5, 0.6) is 5.75 Å². The van der Waals surface area contributed by atoms with Gasteiger partial charge in [0.2, 0.25) is 0 Å². The Kier molecular flexibility index (Phi) is 9.63. The minimum atomic E-state index is -4.61. The average Bonchev–Trinajstić information content (AvgIpc) is 2.96. The second-order valence-corrected chi connectivity index (χ2v) is 10.9. The highest BCUT2D eigenvalue weighted by Crippen LogP contribution is 2.50. The maximum atomic E-state index is 13.5. The Balaban J connectivity index is 1.54. The maximum Gasteiger partial charge on any atom is 0.417 e. The lowest BCUT2D eigenvalue weighted by Crippen LogP contribution is -2.37. The third kappa shape index (κ3) is 7.81. The van der Waals surface area contributed by atoms with Crippen molar-refractivity contribution in [2.45, 2.75) is 56.5 Å². The Morgan fingerprint density at radius 1 is 0.907 bits per heavy atom. The smallest absolute Gasteiger partial charge is 0.417 e. The van der Waals surface area contributed by atoms with Crippen molar-refractivity contribution in [2.75, 3.05) is 6.54 Å². The third-order valence-corrected chi connectivity index (χ3v) is 8.10. The topological polar surface area (TPSA) is 75.6 Å². The number of carboxylic acids is 1. The van der Waals surface area contributed by atoms with Crippen LogP contribution < -0.4 is 10.1 Å². The molecule has 5 nitrogen and oxygen atoms in total. The van der Waals surface area contributed by atoms with Gasteiger partial charge < -0.3 is 15.2 Å². The number of amides is 1. The molecule has 3 aromatic carbocycles. The van der Waals surface area contributed by atoms with E-state index in [9.17, 15) is 35.9 Å². The van der Waals surface area contributed by atoms with Crippen LogP contribution in [-0.2, 0) is 23.0 Å². The zero-order valence-corrected chi connectivity index (χ0v) is 23.5. The van der Waals surface area contributed by atoms with Crippen LogP contribution in [0.15, 0.2) is 66.7 Å². The van der Waals surface area contributed by atoms with E-state index in [2.05, 4.69) is 5.32 Å². The number of carboxylic acid groups (broad SMARTS) is 1. The minimum absolute atomic E-state index is 0.0470. The van der Waals surface area contributed by atoms with Crippen molar-refractivity contribution in [1.82, 2.24) is 5.32 Å². The Labute approximate surface area is 248 Å². The van der Waals surface area contributed by atoms with E-state index in [0.717, 1.165) is 23.3 Å². The van der Waals surface area contributed by atoms with Crippen molar-refractivity contribution in [3.05, 3.63) is 99.6 Å². The number of alkyl halides is 6. The van der Waals surface area contributed by atoms with E-state index < -0.39 is 46.1 Å². The number of hydrogen-bond acceptors (Lipinski definition) is 3. The summed E-state index contributed by atoms with van der Waals surface area (Å²) in [6.45, 7) is -0.206. The lowest BCUT2D eigenvalue weighted by molar-refractivity contribution is -0.184. The Morgan fingerprint density at radius 2 is 1.49 bits per heavy atom. The highest BCUT2D eigenvalue weighted by atomic mass is 35.5. The van der Waals surface area contributed by atoms with Crippen LogP contribution in [0.25, 0.3) is 0 Å². The molecule has 0 unspecified atom stereocenters. The second kappa shape index (κ2) is 12.9. The SMILES string of the molecule is O=C(O)CCNC(=O)c1ccc(C2(c3ccc(OCc4ccc(Cl)c(C(F)(F)F)c4)cc3)CCC(C(F)(F)F)CC2)cc1. The number of carbonyl (C=O) groups is 2. The predicted molar refractivity (Wildman–Crippen MR) is 147 cm³/mol. The summed E-state index contributed by atoms with van der Waals surface area (Å²) in [7, 11) is 0. The van der Waals surface area contributed by atoms with Gasteiger partial charge in [0.05, 0.1) is 22.9 Å². The fourth-order valence-electron chi connectivity index (χ4n) is 5.42. The van der Waals surface area contributed by atoms with Crippen molar-refractivity contribution in [3.63, 3.8) is 0 Å². The molecule has 1 saturated carbocycles. The quantitative estimate of drug-likeness (QED) is 0.235. The molecule has 0 heterocycles. The number of hydrogen-bond donors (Lipinski definition) is 2. The molecule has 43 heavy (non-hydrogen) atoms. The summed E-state index contributed by atoms with van der Waals surface area (Å²) < 4.78 is 85.8. The van der Waals surface area contributed by atoms with Crippen molar-refractivity contribution < 1.29 is 45.8 Å². The van der Waals surface area contributed by atoms with Crippen LogP contribution in [-0.4, -0.2) is 29.7 Å². The van der Waals surface area contributed by atoms with E-state index in [1.54, 1.807) is 48.5 Å². The molecule has 0 aliphatic heterocycles. The van der Waals surface area contributed by atoms with E-state index in [-0.39, 0.29) is 56.4 Å². The molecule has 3 aromatic rings. The van der Waals surface area contributed by atoms with Crippen LogP contribution in [0.1, 0.15) is 64.7 Å². The van der Waals surface area contributed by atoms with E-state index >= 15 is 0 Å². The predicted octanol–water partition coefficient (Wildman–Crippen LogP) is 8.18. The normalized spacial score (nSPS) is 19.1. The van der Waals surface area contributed by atoms with Gasteiger partial charge in [0.15, 0.2) is 0 Å². The lowest BCUT2D eigenvalue weighted by atomic mass is 9.63. The van der Waals surface area contributed by atoms with Gasteiger partial charge >= 0.3 is 18.3 Å². The van der Waals surface area contributed by atoms with E-state index in [0.29, 0.717) is 5.75 Å². The van der Waals surface area contributed by atoms with Crippen LogP contribution in [0.4, 0.5) is 26.3 Å². The number of carbonyl (C=O) groups excluding carboxylic acids is 1. The number of benzene rings is 3. The van der Waals surface area contributed by atoms with Crippen LogP contribution in [0.2, 0.25) is 5.02 Å². The van der Waals surface area contributed by atoms with Gasteiger partial charge in [-0.2, -0.15) is 26.3 Å². The minimum Gasteiger partial charge on any atom is -0.489 e. The fraction of sp³-hybridized carbons (Fsp3) is 0.355. The molecule has 1 aliphatic carbocycles. The number of rotatable bonds is 9. The number of halogens is 7. The van der Waals surface area contributed by atoms with Gasteiger partial charge in [0, 0.05) is 17.5 Å². The van der Waals surface area contributed by atoms with E-state index in [1.807, 2.05) is 0 Å². The highest BCUT2D eigenvalue weighted by molar-refractivity contribution is 6.31. The largest absolute Gasteiger partial charge is 0.489 e. The molecule has 0 aromatic heterocycles. The fourth-order valence-corrected chi connectivity index (χ4v) is 5.65. The van der Waals surface area contributed by atoms with Gasteiger partial charge in [-0.3, -0.25) is 9.59 Å². The molecule has 4 rings (SSSR count). The van der Waals surface area contributed by atoms with Crippen molar-refractivity contribution >= 4 is 23.5 Å². The summed E-state index contributed by atoms with van der Waals surface area (Å²) in [5.41, 5.74) is 0.263. The zero-order valence-electron chi connectivity index (χ0n) is 22.7. The van der Waals surface area contributed by atoms with Crippen molar-refractivity contribution in [1.29, 1.82) is 0 Å². The molecule has 1 fully saturated rings. The Bertz CT molecular complexity index is 1430. The summed E-state index contributed by atoms with van der Waals surface area (Å²) in [5, 5.41) is 10.9. The lowest BCUT2D eigenvalue weighted by Gasteiger charge is -2.42. The first kappa shape index (κ1) is 32.2. The Hall–Kier alpha value is -3.73. The van der Waals surface area contributed by atoms with Crippen LogP contribution >= 0.6 is 11.6 Å². The van der Waals surface area contributed by atoms with Crippen molar-refractivity contribution in [2.24, 2.45) is 5.92 Å². The molecular weight excluding hydrogens is 600 g/mol. The summed E-state index contributed by atoms with van der Waals surface area (Å²) in [6.07, 6.45) is -8.93. The maximum absolute atomic E-state index is 13.5. The first-order chi connectivity index (χ1) is 20.2. The molecule has 0 saturated heterocycles. The molecule has 0 spiro atoms. The molecular formula is C31H28ClF6NO4. The first-order valence-electron chi connectivity index (χ1n) is 13.5. The Morgan fingerprint density at radius 3 is 2.02 bits per heavy atom. The van der Waals surface area contributed by atoms with Gasteiger partial charge in [0.25, 0.3) is 5.91 Å². The average molecular weight is 628 g/mol. The summed E-state index contributed by atoms with van der Waals surface area (Å²) in [6, 6.07) is 16.7. The van der Waals surface area contributed by atoms with E-state index in [4.69, 9.17) is 21.4 Å². The van der Waals surface area contributed by atoms with E-state index in [1.165, 1.54) is 6.07 Å². The molecule has 0 radical (unpaired) electrons. The van der Waals surface area contributed by atoms with Gasteiger partial charge in [-0.1, -0.05) is 41.9 Å². The van der Waals surface area contributed by atoms with Gasteiger partial charge in [-0.05, 0) is 78.8 Å². The molecule has 0 bridgehead atoms. The molecule has 1 amide bonds. The summed E-state index contributed by atoms with van der Waals surface area (Å²) in [4.78, 5) is 23.1. The summed E-state index contributed by atoms with van der Waals surface area (Å²) >= 11 is 5.68. The number of ether oxygens (including phenoxy) is 1. The zero-order chi connectivity index (χ0) is 31.4. The third-order valence-electron chi connectivity index (χ3n) is 7.77. The van der Waals surface area contributed by atoms with Crippen molar-refractivity contribution in [3.8, 4) is 5.75 Å². The van der Waals surface area contributed by atoms with Gasteiger partial charge in [-0.25, -0.2) is 0 Å². The molecule has 0 atom stereocenters. The molecule has 2 N–H and O–H groups in total. The molecule has 1 aliphatic rings. The molecule has 12 heteroatoms. The monoisotopic (exact) mass is 627 g/mol.